The van der Waals surface area contributed by atoms with E-state index in [9.17, 15) is 9.59 Å². The molecular formula is C14H26N2O3. The first-order valence-electron chi connectivity index (χ1n) is 7.18. The minimum atomic E-state index is -0.801. The highest BCUT2D eigenvalue weighted by molar-refractivity contribution is 5.76. The van der Waals surface area contributed by atoms with E-state index in [-0.39, 0.29) is 12.1 Å². The number of hydrogen-bond acceptors (Lipinski definition) is 2. The maximum atomic E-state index is 12.0. The topological polar surface area (TPSA) is 69.6 Å². The molecule has 0 bridgehead atoms. The van der Waals surface area contributed by atoms with Gasteiger partial charge in [0.05, 0.1) is 5.92 Å². The number of carbonyl (C=O) groups is 2. The van der Waals surface area contributed by atoms with Crippen LogP contribution in [0.3, 0.4) is 0 Å². The Kier molecular flexibility index (Phi) is 6.12. The molecule has 1 aliphatic heterocycles. The van der Waals surface area contributed by atoms with Gasteiger partial charge in [-0.1, -0.05) is 13.8 Å². The SMILES string of the molecule is CC(C)CCC(C)NC(=O)N1CCC[C@@H](C(=O)O)C1. The maximum Gasteiger partial charge on any atom is 0.317 e. The highest BCUT2D eigenvalue weighted by atomic mass is 16.4. The van der Waals surface area contributed by atoms with E-state index in [2.05, 4.69) is 19.2 Å². The molecule has 0 aromatic rings. The number of aliphatic carboxylic acids is 1. The van der Waals surface area contributed by atoms with Gasteiger partial charge in [0.25, 0.3) is 0 Å². The van der Waals surface area contributed by atoms with E-state index in [0.29, 0.717) is 25.4 Å². The van der Waals surface area contributed by atoms with Crippen LogP contribution in [-0.4, -0.2) is 41.1 Å². The lowest BCUT2D eigenvalue weighted by atomic mass is 9.98. The maximum absolute atomic E-state index is 12.0. The first-order chi connectivity index (χ1) is 8.90. The van der Waals surface area contributed by atoms with E-state index in [1.54, 1.807) is 4.90 Å². The van der Waals surface area contributed by atoms with Crippen LogP contribution in [0.25, 0.3) is 0 Å². The summed E-state index contributed by atoms with van der Waals surface area (Å²) in [5, 5.41) is 12.0. The molecule has 1 heterocycles. The molecule has 0 aliphatic carbocycles. The van der Waals surface area contributed by atoms with Gasteiger partial charge in [0, 0.05) is 19.1 Å². The molecule has 0 aromatic carbocycles. The van der Waals surface area contributed by atoms with Crippen molar-refractivity contribution in [3.63, 3.8) is 0 Å². The third kappa shape index (κ3) is 5.49. The van der Waals surface area contributed by atoms with E-state index in [1.165, 1.54) is 0 Å². The number of rotatable bonds is 5. The van der Waals surface area contributed by atoms with Crippen LogP contribution in [-0.2, 0) is 4.79 Å². The van der Waals surface area contributed by atoms with E-state index < -0.39 is 11.9 Å². The molecule has 0 spiro atoms. The van der Waals surface area contributed by atoms with Crippen molar-refractivity contribution in [2.24, 2.45) is 11.8 Å². The van der Waals surface area contributed by atoms with E-state index in [0.717, 1.165) is 19.3 Å². The number of carboxylic acids is 1. The number of piperidine rings is 1. The third-order valence-electron chi connectivity index (χ3n) is 3.60. The molecule has 1 unspecified atom stereocenters. The molecule has 5 heteroatoms. The van der Waals surface area contributed by atoms with Gasteiger partial charge in [0.2, 0.25) is 0 Å². The summed E-state index contributed by atoms with van der Waals surface area (Å²) >= 11 is 0. The second kappa shape index (κ2) is 7.36. The molecule has 0 aromatic heterocycles. The average molecular weight is 270 g/mol. The molecule has 0 radical (unpaired) electrons. The van der Waals surface area contributed by atoms with Crippen molar-refractivity contribution in [1.82, 2.24) is 10.2 Å². The summed E-state index contributed by atoms with van der Waals surface area (Å²) < 4.78 is 0. The number of nitrogens with zero attached hydrogens (tertiary/aromatic N) is 1. The number of likely N-dealkylation sites (tertiary alicyclic amines) is 1. The van der Waals surface area contributed by atoms with Gasteiger partial charge >= 0.3 is 12.0 Å². The minimum absolute atomic E-state index is 0.123. The zero-order valence-corrected chi connectivity index (χ0v) is 12.2. The Morgan fingerprint density at radius 2 is 2.00 bits per heavy atom. The summed E-state index contributed by atoms with van der Waals surface area (Å²) in [4.78, 5) is 24.6. The highest BCUT2D eigenvalue weighted by Gasteiger charge is 2.28. The van der Waals surface area contributed by atoms with Crippen LogP contribution in [0.1, 0.15) is 46.5 Å². The van der Waals surface area contributed by atoms with E-state index >= 15 is 0 Å². The lowest BCUT2D eigenvalue weighted by molar-refractivity contribution is -0.143. The first-order valence-corrected chi connectivity index (χ1v) is 7.18. The van der Waals surface area contributed by atoms with Gasteiger partial charge in [-0.3, -0.25) is 4.79 Å². The lowest BCUT2D eigenvalue weighted by Gasteiger charge is -2.31. The zero-order valence-electron chi connectivity index (χ0n) is 12.2. The van der Waals surface area contributed by atoms with Crippen LogP contribution in [0.2, 0.25) is 0 Å². The van der Waals surface area contributed by atoms with E-state index in [1.807, 2.05) is 6.92 Å². The molecule has 1 fully saturated rings. The third-order valence-corrected chi connectivity index (χ3v) is 3.60. The molecule has 2 atom stereocenters. The Morgan fingerprint density at radius 3 is 2.58 bits per heavy atom. The van der Waals surface area contributed by atoms with Gasteiger partial charge in [0.15, 0.2) is 0 Å². The smallest absolute Gasteiger partial charge is 0.317 e. The average Bonchev–Trinajstić information content (AvgIpc) is 2.36. The standard InChI is InChI=1S/C14H26N2O3/c1-10(2)6-7-11(3)15-14(19)16-8-4-5-12(9-16)13(17)18/h10-12H,4-9H2,1-3H3,(H,15,19)(H,17,18)/t11?,12-/m1/s1. The van der Waals surface area contributed by atoms with Gasteiger partial charge in [-0.05, 0) is 38.5 Å². The van der Waals surface area contributed by atoms with Crippen LogP contribution >= 0.6 is 0 Å². The summed E-state index contributed by atoms with van der Waals surface area (Å²) in [5.74, 6) is -0.582. The summed E-state index contributed by atoms with van der Waals surface area (Å²) in [6.07, 6.45) is 3.48. The number of carbonyl (C=O) groups excluding carboxylic acids is 1. The number of hydrogen-bond donors (Lipinski definition) is 2. The van der Waals surface area contributed by atoms with Crippen LogP contribution in [0.5, 0.6) is 0 Å². The number of nitrogens with one attached hydrogen (secondary N) is 1. The lowest BCUT2D eigenvalue weighted by Crippen LogP contribution is -2.49. The van der Waals surface area contributed by atoms with Crippen molar-refractivity contribution in [1.29, 1.82) is 0 Å². The molecular weight excluding hydrogens is 244 g/mol. The predicted molar refractivity (Wildman–Crippen MR) is 74.0 cm³/mol. The molecule has 1 rings (SSSR count). The van der Waals surface area contributed by atoms with Crippen molar-refractivity contribution in [3.05, 3.63) is 0 Å². The Labute approximate surface area is 115 Å². The van der Waals surface area contributed by atoms with Crippen molar-refractivity contribution < 1.29 is 14.7 Å². The second-order valence-corrected chi connectivity index (χ2v) is 5.95. The van der Waals surface area contributed by atoms with Gasteiger partial charge < -0.3 is 15.3 Å². The fraction of sp³-hybridized carbons (Fsp3) is 0.857. The molecule has 19 heavy (non-hydrogen) atoms. The van der Waals surface area contributed by atoms with E-state index in [4.69, 9.17) is 5.11 Å². The molecule has 5 nitrogen and oxygen atoms in total. The summed E-state index contributed by atoms with van der Waals surface area (Å²) in [5.41, 5.74) is 0. The van der Waals surface area contributed by atoms with Crippen molar-refractivity contribution >= 4 is 12.0 Å². The van der Waals surface area contributed by atoms with Crippen LogP contribution in [0.4, 0.5) is 4.79 Å². The Morgan fingerprint density at radius 1 is 1.32 bits per heavy atom. The molecule has 1 aliphatic rings. The molecule has 2 N–H and O–H groups in total. The fourth-order valence-electron chi connectivity index (χ4n) is 2.32. The van der Waals surface area contributed by atoms with Crippen molar-refractivity contribution in [2.75, 3.05) is 13.1 Å². The Balaban J connectivity index is 2.38. The van der Waals surface area contributed by atoms with Gasteiger partial charge in [-0.25, -0.2) is 4.79 Å². The second-order valence-electron chi connectivity index (χ2n) is 5.95. The molecule has 0 saturated carbocycles. The van der Waals surface area contributed by atoms with Crippen molar-refractivity contribution in [3.8, 4) is 0 Å². The van der Waals surface area contributed by atoms with Crippen LogP contribution < -0.4 is 5.32 Å². The number of amides is 2. The van der Waals surface area contributed by atoms with Crippen LogP contribution in [0.15, 0.2) is 0 Å². The van der Waals surface area contributed by atoms with Crippen molar-refractivity contribution in [2.45, 2.75) is 52.5 Å². The highest BCUT2D eigenvalue weighted by Crippen LogP contribution is 2.17. The monoisotopic (exact) mass is 270 g/mol. The van der Waals surface area contributed by atoms with Gasteiger partial charge in [0.1, 0.15) is 0 Å². The quantitative estimate of drug-likeness (QED) is 0.805. The summed E-state index contributed by atoms with van der Waals surface area (Å²) in [6.45, 7) is 7.32. The zero-order chi connectivity index (χ0) is 14.4. The predicted octanol–water partition coefficient (Wildman–Crippen LogP) is 2.32. The number of carboxylic acid groups (broad SMARTS) is 1. The minimum Gasteiger partial charge on any atom is -0.481 e. The summed E-state index contributed by atoms with van der Waals surface area (Å²) in [6, 6.07) is 0.0160. The van der Waals surface area contributed by atoms with Crippen LogP contribution in [0, 0.1) is 11.8 Å². The Hall–Kier alpha value is -1.26. The van der Waals surface area contributed by atoms with Gasteiger partial charge in [-0.15, -0.1) is 0 Å². The fourth-order valence-corrected chi connectivity index (χ4v) is 2.32. The summed E-state index contributed by atoms with van der Waals surface area (Å²) in [7, 11) is 0. The molecule has 2 amide bonds. The molecule has 110 valence electrons. The molecule has 1 saturated heterocycles. The largest absolute Gasteiger partial charge is 0.481 e. The number of urea groups is 1. The Bertz CT molecular complexity index is 318. The first kappa shape index (κ1) is 15.8. The van der Waals surface area contributed by atoms with Gasteiger partial charge in [-0.2, -0.15) is 0 Å². The normalized spacial score (nSPS) is 21.3.